The van der Waals surface area contributed by atoms with Crippen LogP contribution in [0.5, 0.6) is 0 Å². The molecular formula is C19H17Cl2NO4. The second-order valence-electron chi connectivity index (χ2n) is 6.09. The molecule has 1 amide bonds. The molecule has 0 bridgehead atoms. The number of carboxylic acids is 1. The maximum Gasteiger partial charge on any atom is 0.326 e. The van der Waals surface area contributed by atoms with Gasteiger partial charge in [0.2, 0.25) is 5.91 Å². The fraction of sp³-hybridized carbons (Fsp3) is 0.263. The molecule has 2 aromatic carbocycles. The Balaban J connectivity index is 2.09. The molecule has 0 aromatic heterocycles. The molecule has 3 rings (SSSR count). The predicted molar refractivity (Wildman–Crippen MR) is 98.3 cm³/mol. The van der Waals surface area contributed by atoms with Gasteiger partial charge in [0.1, 0.15) is 18.8 Å². The normalized spacial score (nSPS) is 21.5. The van der Waals surface area contributed by atoms with Gasteiger partial charge in [-0.15, -0.1) is 0 Å². The Hall–Kier alpha value is -2.08. The standard InChI is InChI=1S/C19H17Cl2NO4/c1-11(19(24)25)22-16(23)10-26-18(13-4-8-15(21)9-5-13)17(22)12-2-6-14(20)7-3-12/h2-9,11,17-18H,10H2,1H3,(H,24,25)/t11-,17-,18+/m1/s1. The number of benzene rings is 2. The highest BCUT2D eigenvalue weighted by Crippen LogP contribution is 2.41. The summed E-state index contributed by atoms with van der Waals surface area (Å²) in [6.07, 6.45) is -0.520. The number of carboxylic acid groups (broad SMARTS) is 1. The molecule has 1 aliphatic heterocycles. The first-order valence-corrected chi connectivity index (χ1v) is 8.80. The highest BCUT2D eigenvalue weighted by Gasteiger charge is 2.42. The minimum atomic E-state index is -1.07. The van der Waals surface area contributed by atoms with Gasteiger partial charge in [-0.2, -0.15) is 0 Å². The smallest absolute Gasteiger partial charge is 0.326 e. The minimum Gasteiger partial charge on any atom is -0.480 e. The summed E-state index contributed by atoms with van der Waals surface area (Å²) >= 11 is 11.9. The van der Waals surface area contributed by atoms with Crippen LogP contribution >= 0.6 is 23.2 Å². The minimum absolute atomic E-state index is 0.186. The molecule has 1 aliphatic rings. The number of ether oxygens (including phenoxy) is 1. The Morgan fingerprint density at radius 3 is 2.08 bits per heavy atom. The Bertz CT molecular complexity index is 807. The zero-order valence-corrected chi connectivity index (χ0v) is 15.4. The SMILES string of the molecule is C[C@H](C(=O)O)N1C(=O)CO[C@@H](c2ccc(Cl)cc2)[C@H]1c1ccc(Cl)cc1. The van der Waals surface area contributed by atoms with Gasteiger partial charge in [0.15, 0.2) is 0 Å². The number of hydrogen-bond acceptors (Lipinski definition) is 3. The van der Waals surface area contributed by atoms with E-state index in [2.05, 4.69) is 0 Å². The van der Waals surface area contributed by atoms with E-state index in [-0.39, 0.29) is 12.5 Å². The van der Waals surface area contributed by atoms with Crippen molar-refractivity contribution in [1.82, 2.24) is 4.90 Å². The summed E-state index contributed by atoms with van der Waals surface area (Å²) < 4.78 is 5.81. The van der Waals surface area contributed by atoms with Gasteiger partial charge in [-0.25, -0.2) is 4.79 Å². The molecule has 2 aromatic rings. The monoisotopic (exact) mass is 393 g/mol. The van der Waals surface area contributed by atoms with Crippen molar-refractivity contribution in [3.05, 3.63) is 69.7 Å². The highest BCUT2D eigenvalue weighted by atomic mass is 35.5. The Labute approximate surface area is 161 Å². The third-order valence-electron chi connectivity index (χ3n) is 4.45. The first-order chi connectivity index (χ1) is 12.4. The van der Waals surface area contributed by atoms with Gasteiger partial charge < -0.3 is 14.7 Å². The van der Waals surface area contributed by atoms with Gasteiger partial charge >= 0.3 is 5.97 Å². The average molecular weight is 394 g/mol. The summed E-state index contributed by atoms with van der Waals surface area (Å²) in [6.45, 7) is 1.31. The van der Waals surface area contributed by atoms with Gasteiger partial charge in [-0.1, -0.05) is 47.5 Å². The average Bonchev–Trinajstić information content (AvgIpc) is 2.62. The third-order valence-corrected chi connectivity index (χ3v) is 4.95. The number of morpholine rings is 1. The quantitative estimate of drug-likeness (QED) is 0.848. The molecule has 7 heteroatoms. The Kier molecular flexibility index (Phi) is 5.51. The number of hydrogen-bond donors (Lipinski definition) is 1. The molecule has 0 saturated carbocycles. The van der Waals surface area contributed by atoms with Crippen LogP contribution in [0.25, 0.3) is 0 Å². The van der Waals surface area contributed by atoms with Crippen LogP contribution in [0.3, 0.4) is 0 Å². The molecule has 0 radical (unpaired) electrons. The lowest BCUT2D eigenvalue weighted by atomic mass is 9.91. The molecular weight excluding hydrogens is 377 g/mol. The van der Waals surface area contributed by atoms with E-state index in [9.17, 15) is 14.7 Å². The van der Waals surface area contributed by atoms with Gasteiger partial charge in [0.25, 0.3) is 0 Å². The van der Waals surface area contributed by atoms with Crippen LogP contribution < -0.4 is 0 Å². The summed E-state index contributed by atoms with van der Waals surface area (Å²) in [6, 6.07) is 12.5. The number of rotatable bonds is 4. The number of halogens is 2. The lowest BCUT2D eigenvalue weighted by molar-refractivity contribution is -0.170. The van der Waals surface area contributed by atoms with E-state index >= 15 is 0 Å². The van der Waals surface area contributed by atoms with Crippen LogP contribution in [0, 0.1) is 0 Å². The van der Waals surface area contributed by atoms with Crippen molar-refractivity contribution in [2.75, 3.05) is 6.61 Å². The highest BCUT2D eigenvalue weighted by molar-refractivity contribution is 6.30. The predicted octanol–water partition coefficient (Wildman–Crippen LogP) is 4.11. The van der Waals surface area contributed by atoms with Gasteiger partial charge in [0.05, 0.1) is 6.04 Å². The van der Waals surface area contributed by atoms with E-state index in [0.29, 0.717) is 10.0 Å². The van der Waals surface area contributed by atoms with E-state index in [1.165, 1.54) is 11.8 Å². The zero-order valence-electron chi connectivity index (χ0n) is 13.9. The number of carbonyl (C=O) groups excluding carboxylic acids is 1. The second-order valence-corrected chi connectivity index (χ2v) is 6.97. The van der Waals surface area contributed by atoms with E-state index in [1.54, 1.807) is 36.4 Å². The molecule has 0 aliphatic carbocycles. The number of carbonyl (C=O) groups is 2. The summed E-state index contributed by atoms with van der Waals surface area (Å²) in [5, 5.41) is 10.6. The van der Waals surface area contributed by atoms with Crippen molar-refractivity contribution < 1.29 is 19.4 Å². The number of amides is 1. The van der Waals surface area contributed by atoms with E-state index < -0.39 is 24.2 Å². The van der Waals surface area contributed by atoms with Crippen LogP contribution in [0.15, 0.2) is 48.5 Å². The first kappa shape index (κ1) is 18.7. The van der Waals surface area contributed by atoms with Crippen LogP contribution in [0.1, 0.15) is 30.2 Å². The van der Waals surface area contributed by atoms with Crippen LogP contribution in [-0.4, -0.2) is 34.5 Å². The van der Waals surface area contributed by atoms with E-state index in [0.717, 1.165) is 11.1 Å². The molecule has 26 heavy (non-hydrogen) atoms. The molecule has 136 valence electrons. The number of aliphatic carboxylic acids is 1. The Morgan fingerprint density at radius 2 is 1.58 bits per heavy atom. The summed E-state index contributed by atoms with van der Waals surface area (Å²) in [5.74, 6) is -1.45. The van der Waals surface area contributed by atoms with Crippen molar-refractivity contribution in [1.29, 1.82) is 0 Å². The topological polar surface area (TPSA) is 66.8 Å². The van der Waals surface area contributed by atoms with Gasteiger partial charge in [-0.05, 0) is 42.3 Å². The molecule has 3 atom stereocenters. The molecule has 0 spiro atoms. The van der Waals surface area contributed by atoms with Crippen LogP contribution in [0.2, 0.25) is 10.0 Å². The van der Waals surface area contributed by atoms with Crippen molar-refractivity contribution in [3.63, 3.8) is 0 Å². The number of nitrogens with zero attached hydrogens (tertiary/aromatic N) is 1. The fourth-order valence-corrected chi connectivity index (χ4v) is 3.38. The summed E-state index contributed by atoms with van der Waals surface area (Å²) in [4.78, 5) is 25.5. The maximum atomic E-state index is 12.5. The second kappa shape index (κ2) is 7.66. The molecule has 0 unspecified atom stereocenters. The largest absolute Gasteiger partial charge is 0.480 e. The maximum absolute atomic E-state index is 12.5. The fourth-order valence-electron chi connectivity index (χ4n) is 3.13. The molecule has 1 saturated heterocycles. The van der Waals surface area contributed by atoms with Gasteiger partial charge in [-0.3, -0.25) is 4.79 Å². The van der Waals surface area contributed by atoms with Gasteiger partial charge in [0, 0.05) is 10.0 Å². The van der Waals surface area contributed by atoms with Crippen molar-refractivity contribution in [3.8, 4) is 0 Å². The molecule has 1 heterocycles. The third kappa shape index (κ3) is 3.70. The summed E-state index contributed by atoms with van der Waals surface area (Å²) in [5.41, 5.74) is 1.56. The van der Waals surface area contributed by atoms with Crippen molar-refractivity contribution in [2.45, 2.75) is 25.1 Å². The van der Waals surface area contributed by atoms with Crippen LogP contribution in [0.4, 0.5) is 0 Å². The Morgan fingerprint density at radius 1 is 1.08 bits per heavy atom. The van der Waals surface area contributed by atoms with Crippen LogP contribution in [-0.2, 0) is 14.3 Å². The lowest BCUT2D eigenvalue weighted by Crippen LogP contribution is -2.52. The first-order valence-electron chi connectivity index (χ1n) is 8.05. The lowest BCUT2D eigenvalue weighted by Gasteiger charge is -2.43. The summed E-state index contributed by atoms with van der Waals surface area (Å²) in [7, 11) is 0. The van der Waals surface area contributed by atoms with E-state index in [4.69, 9.17) is 27.9 Å². The van der Waals surface area contributed by atoms with E-state index in [1.807, 2.05) is 12.1 Å². The molecule has 5 nitrogen and oxygen atoms in total. The molecule has 1 fully saturated rings. The van der Waals surface area contributed by atoms with Crippen molar-refractivity contribution in [2.24, 2.45) is 0 Å². The van der Waals surface area contributed by atoms with Crippen molar-refractivity contribution >= 4 is 35.1 Å². The zero-order chi connectivity index (χ0) is 18.8. The molecule has 1 N–H and O–H groups in total.